The summed E-state index contributed by atoms with van der Waals surface area (Å²) in [5.74, 6) is -2.49. The van der Waals surface area contributed by atoms with Gasteiger partial charge < -0.3 is 15.7 Å². The van der Waals surface area contributed by atoms with Crippen LogP contribution >= 0.6 is 0 Å². The summed E-state index contributed by atoms with van der Waals surface area (Å²) in [6.07, 6.45) is -0.590. The van der Waals surface area contributed by atoms with Crippen molar-refractivity contribution in [1.29, 1.82) is 0 Å². The second-order valence-electron chi connectivity index (χ2n) is 7.79. The van der Waals surface area contributed by atoms with E-state index in [0.717, 1.165) is 13.1 Å². The van der Waals surface area contributed by atoms with Crippen molar-refractivity contribution in [1.82, 2.24) is 10.6 Å². The maximum absolute atomic E-state index is 13.7. The Balaban J connectivity index is 1.51. The molecule has 0 radical (unpaired) electrons. The van der Waals surface area contributed by atoms with Gasteiger partial charge in [-0.3, -0.25) is 4.79 Å². The molecule has 0 aromatic heterocycles. The molecule has 3 N–H and O–H groups in total. The van der Waals surface area contributed by atoms with Gasteiger partial charge in [0, 0.05) is 25.3 Å². The van der Waals surface area contributed by atoms with Crippen LogP contribution < -0.4 is 10.6 Å². The topological polar surface area (TPSA) is 61.4 Å². The predicted octanol–water partition coefficient (Wildman–Crippen LogP) is 1.89. The van der Waals surface area contributed by atoms with Gasteiger partial charge in [0.1, 0.15) is 0 Å². The first-order chi connectivity index (χ1) is 11.9. The molecule has 2 unspecified atom stereocenters. The van der Waals surface area contributed by atoms with Crippen molar-refractivity contribution in [2.75, 3.05) is 19.6 Å². The molecule has 2 aliphatic carbocycles. The Kier molecular flexibility index (Phi) is 4.07. The molecule has 4 rings (SSSR count). The zero-order valence-electron chi connectivity index (χ0n) is 14.1. The first-order valence-electron chi connectivity index (χ1n) is 9.06. The van der Waals surface area contributed by atoms with Crippen molar-refractivity contribution < 1.29 is 18.7 Å². The number of fused-ring (bicyclic) bond motifs is 1. The van der Waals surface area contributed by atoms with E-state index in [4.69, 9.17) is 0 Å². The lowest BCUT2D eigenvalue weighted by Gasteiger charge is -2.33. The van der Waals surface area contributed by atoms with Gasteiger partial charge >= 0.3 is 0 Å². The van der Waals surface area contributed by atoms with Crippen LogP contribution in [0.3, 0.4) is 0 Å². The van der Waals surface area contributed by atoms with Crippen LogP contribution in [0.2, 0.25) is 0 Å². The van der Waals surface area contributed by atoms with Gasteiger partial charge in [0.15, 0.2) is 5.60 Å². The van der Waals surface area contributed by atoms with Crippen molar-refractivity contribution in [2.24, 2.45) is 23.7 Å². The predicted molar refractivity (Wildman–Crippen MR) is 89.0 cm³/mol. The lowest BCUT2D eigenvalue weighted by atomic mass is 9.79. The standard InChI is InChI=1S/C19H24F2N2O2/c20-18(21)7-6-13(8-18)19(25,12-4-2-1-3-5-12)17(24)23-11-16-14-9-22-10-15(14)16/h1-5,13-16,22,25H,6-11H2,(H,23,24)/t13?,14-,15+,16?,19-/m0/s1. The van der Waals surface area contributed by atoms with E-state index in [2.05, 4.69) is 10.6 Å². The van der Waals surface area contributed by atoms with Gasteiger partial charge in [0.05, 0.1) is 0 Å². The summed E-state index contributed by atoms with van der Waals surface area (Å²) < 4.78 is 27.5. The van der Waals surface area contributed by atoms with E-state index >= 15 is 0 Å². The van der Waals surface area contributed by atoms with Crippen molar-refractivity contribution in [3.8, 4) is 0 Å². The summed E-state index contributed by atoms with van der Waals surface area (Å²) in [6.45, 7) is 2.46. The number of carbonyl (C=O) groups excluding carboxylic acids is 1. The molecule has 0 spiro atoms. The van der Waals surface area contributed by atoms with E-state index in [1.165, 1.54) is 0 Å². The Morgan fingerprint density at radius 2 is 1.96 bits per heavy atom. The van der Waals surface area contributed by atoms with Crippen LogP contribution in [0.5, 0.6) is 0 Å². The molecule has 2 saturated carbocycles. The molecular formula is C19H24F2N2O2. The Labute approximate surface area is 146 Å². The summed E-state index contributed by atoms with van der Waals surface area (Å²) >= 11 is 0. The van der Waals surface area contributed by atoms with Crippen LogP contribution in [0, 0.1) is 23.7 Å². The van der Waals surface area contributed by atoms with Crippen LogP contribution in [-0.2, 0) is 10.4 Å². The van der Waals surface area contributed by atoms with E-state index in [9.17, 15) is 18.7 Å². The van der Waals surface area contributed by atoms with E-state index in [0.29, 0.717) is 29.9 Å². The summed E-state index contributed by atoms with van der Waals surface area (Å²) in [7, 11) is 0. The van der Waals surface area contributed by atoms with Crippen molar-refractivity contribution in [3.05, 3.63) is 35.9 Å². The SMILES string of the molecule is O=C(NCC1[C@H]2CNC[C@@H]12)[C@](O)(c1ccccc1)C1CCC(F)(F)C1. The number of alkyl halides is 2. The molecule has 1 amide bonds. The number of amides is 1. The van der Waals surface area contributed by atoms with E-state index < -0.39 is 29.8 Å². The monoisotopic (exact) mass is 350 g/mol. The van der Waals surface area contributed by atoms with E-state index in [-0.39, 0.29) is 12.8 Å². The van der Waals surface area contributed by atoms with Gasteiger partial charge in [-0.15, -0.1) is 0 Å². The number of halogens is 2. The lowest BCUT2D eigenvalue weighted by Crippen LogP contribution is -2.50. The quantitative estimate of drug-likeness (QED) is 0.760. The first kappa shape index (κ1) is 16.9. The minimum atomic E-state index is -2.81. The second-order valence-corrected chi connectivity index (χ2v) is 7.79. The third-order valence-corrected chi connectivity index (χ3v) is 6.32. The maximum atomic E-state index is 13.7. The number of rotatable bonds is 5. The molecule has 0 bridgehead atoms. The molecule has 1 aliphatic heterocycles. The fraction of sp³-hybridized carbons (Fsp3) is 0.632. The molecule has 6 heteroatoms. The number of carbonyl (C=O) groups is 1. The van der Waals surface area contributed by atoms with Crippen molar-refractivity contribution >= 4 is 5.91 Å². The Hall–Kier alpha value is -1.53. The van der Waals surface area contributed by atoms with Crippen molar-refractivity contribution in [3.63, 3.8) is 0 Å². The molecular weight excluding hydrogens is 326 g/mol. The van der Waals surface area contributed by atoms with E-state index in [1.54, 1.807) is 30.3 Å². The Bertz CT molecular complexity index is 644. The minimum Gasteiger partial charge on any atom is -0.375 e. The normalized spacial score (nSPS) is 35.0. The second kappa shape index (κ2) is 6.02. The number of piperidine rings is 1. The highest BCUT2D eigenvalue weighted by molar-refractivity contribution is 5.86. The minimum absolute atomic E-state index is 0.143. The third-order valence-electron chi connectivity index (χ3n) is 6.32. The summed E-state index contributed by atoms with van der Waals surface area (Å²) in [5.41, 5.74) is -1.50. The molecule has 4 nitrogen and oxygen atoms in total. The lowest BCUT2D eigenvalue weighted by molar-refractivity contribution is -0.148. The molecule has 5 atom stereocenters. The summed E-state index contributed by atoms with van der Waals surface area (Å²) in [5, 5.41) is 17.4. The molecule has 3 fully saturated rings. The van der Waals surface area contributed by atoms with Gasteiger partial charge in [-0.1, -0.05) is 30.3 Å². The average Bonchev–Trinajstić information content (AvgIpc) is 2.93. The van der Waals surface area contributed by atoms with Gasteiger partial charge in [0.25, 0.3) is 5.91 Å². The van der Waals surface area contributed by atoms with Gasteiger partial charge in [-0.2, -0.15) is 0 Å². The fourth-order valence-corrected chi connectivity index (χ4v) is 4.75. The molecule has 1 saturated heterocycles. The summed E-state index contributed by atoms with van der Waals surface area (Å²) in [6, 6.07) is 8.51. The van der Waals surface area contributed by atoms with Gasteiger partial charge in [-0.25, -0.2) is 8.78 Å². The van der Waals surface area contributed by atoms with Crippen LogP contribution in [-0.4, -0.2) is 36.6 Å². The maximum Gasteiger partial charge on any atom is 0.256 e. The van der Waals surface area contributed by atoms with Crippen LogP contribution in [0.1, 0.15) is 24.8 Å². The average molecular weight is 350 g/mol. The zero-order chi connectivity index (χ0) is 17.7. The van der Waals surface area contributed by atoms with Crippen LogP contribution in [0.25, 0.3) is 0 Å². The molecule has 1 aromatic rings. The number of aliphatic hydroxyl groups is 1. The highest BCUT2D eigenvalue weighted by Gasteiger charge is 2.55. The smallest absolute Gasteiger partial charge is 0.256 e. The van der Waals surface area contributed by atoms with Crippen molar-refractivity contribution in [2.45, 2.75) is 30.8 Å². The Morgan fingerprint density at radius 3 is 2.56 bits per heavy atom. The highest BCUT2D eigenvalue weighted by Crippen LogP contribution is 2.49. The molecule has 3 aliphatic rings. The third kappa shape index (κ3) is 2.95. The summed E-state index contributed by atoms with van der Waals surface area (Å²) in [4.78, 5) is 12.9. The first-order valence-corrected chi connectivity index (χ1v) is 9.06. The van der Waals surface area contributed by atoms with Gasteiger partial charge in [0.2, 0.25) is 5.92 Å². The zero-order valence-corrected chi connectivity index (χ0v) is 14.1. The van der Waals surface area contributed by atoms with E-state index in [1.807, 2.05) is 0 Å². The molecule has 25 heavy (non-hydrogen) atoms. The van der Waals surface area contributed by atoms with Crippen LogP contribution in [0.15, 0.2) is 30.3 Å². The highest BCUT2D eigenvalue weighted by atomic mass is 19.3. The number of nitrogens with one attached hydrogen (secondary N) is 2. The molecule has 1 heterocycles. The van der Waals surface area contributed by atoms with Crippen LogP contribution in [0.4, 0.5) is 8.78 Å². The molecule has 1 aromatic carbocycles. The largest absolute Gasteiger partial charge is 0.375 e. The molecule has 136 valence electrons. The van der Waals surface area contributed by atoms with Gasteiger partial charge in [-0.05, 0) is 42.8 Å². The fourth-order valence-electron chi connectivity index (χ4n) is 4.75. The number of benzene rings is 1. The number of hydrogen-bond acceptors (Lipinski definition) is 3. The Morgan fingerprint density at radius 1 is 1.28 bits per heavy atom. The number of hydrogen-bond donors (Lipinski definition) is 3.